The summed E-state index contributed by atoms with van der Waals surface area (Å²) in [5.74, 6) is -0.426. The minimum absolute atomic E-state index is 0.00828. The van der Waals surface area contributed by atoms with E-state index in [1.807, 2.05) is 18.7 Å². The fourth-order valence-electron chi connectivity index (χ4n) is 5.95. The van der Waals surface area contributed by atoms with Crippen molar-refractivity contribution in [2.75, 3.05) is 31.2 Å². The first kappa shape index (κ1) is 37.4. The summed E-state index contributed by atoms with van der Waals surface area (Å²) in [6, 6.07) is 3.70. The molecular formula is C31H36F10N6O. The van der Waals surface area contributed by atoms with Crippen LogP contribution in [0.5, 0.6) is 0 Å². The van der Waals surface area contributed by atoms with Crippen LogP contribution in [0.2, 0.25) is 0 Å². The standard InChI is InChI=1S/C31H36F10N6O/c1-5-48-18-28(32)8-10-46(11-9-28)26(19(2)3)25-7-6-22(29(33,34)35)14-21(25)17-47(27-42-44-45(4)43-27)16-20-12-23(30(36,37)38)15-24(13-20)31(39,40)41/h6-7,12-15,19,26H,5,8-11,16-18H2,1-4H3/t26-/m1/s1. The zero-order chi connectivity index (χ0) is 35.7. The predicted molar refractivity (Wildman–Crippen MR) is 155 cm³/mol. The first-order valence-electron chi connectivity index (χ1n) is 15.2. The third-order valence-electron chi connectivity index (χ3n) is 8.24. The number of aryl methyl sites for hydroxylation is 1. The van der Waals surface area contributed by atoms with E-state index in [9.17, 15) is 39.5 Å². The highest BCUT2D eigenvalue weighted by Crippen LogP contribution is 2.40. The van der Waals surface area contributed by atoms with Gasteiger partial charge in [0.05, 0.1) is 30.3 Å². The Balaban J connectivity index is 1.79. The lowest BCUT2D eigenvalue weighted by Gasteiger charge is -2.42. The molecule has 1 aliphatic rings. The maximum Gasteiger partial charge on any atom is 0.416 e. The van der Waals surface area contributed by atoms with Crippen molar-refractivity contribution in [2.45, 2.75) is 76.9 Å². The number of hydrogen-bond donors (Lipinski definition) is 0. The van der Waals surface area contributed by atoms with Gasteiger partial charge in [-0.1, -0.05) is 25.0 Å². The van der Waals surface area contributed by atoms with Crippen molar-refractivity contribution >= 4 is 5.95 Å². The average molecular weight is 699 g/mol. The zero-order valence-electron chi connectivity index (χ0n) is 26.6. The number of aromatic nitrogens is 4. The first-order chi connectivity index (χ1) is 22.2. The van der Waals surface area contributed by atoms with Crippen molar-refractivity contribution in [3.63, 3.8) is 0 Å². The van der Waals surface area contributed by atoms with Gasteiger partial charge in [-0.25, -0.2) is 4.39 Å². The number of hydrogen-bond acceptors (Lipinski definition) is 6. The molecule has 1 fully saturated rings. The van der Waals surface area contributed by atoms with E-state index in [1.54, 1.807) is 6.92 Å². The molecule has 2 aromatic carbocycles. The molecular weight excluding hydrogens is 662 g/mol. The van der Waals surface area contributed by atoms with Crippen LogP contribution >= 0.6 is 0 Å². The van der Waals surface area contributed by atoms with Crippen LogP contribution in [0.25, 0.3) is 0 Å². The SMILES string of the molecule is CCOCC1(F)CCN([C@@H](c2ccc(C(F)(F)F)cc2CN(Cc2cc(C(F)(F)F)cc(C(F)(F)F)c2)c2nnn(C)n2)C(C)C)CC1. The Kier molecular flexibility index (Phi) is 11.0. The maximum absolute atomic E-state index is 15.4. The molecule has 266 valence electrons. The third kappa shape index (κ3) is 9.15. The molecule has 17 heteroatoms. The van der Waals surface area contributed by atoms with Crippen LogP contribution < -0.4 is 4.90 Å². The molecule has 0 radical (unpaired) electrons. The van der Waals surface area contributed by atoms with Gasteiger partial charge in [0, 0.05) is 38.8 Å². The Hall–Kier alpha value is -3.47. The molecule has 1 atom stereocenters. The molecule has 1 aromatic heterocycles. The van der Waals surface area contributed by atoms with Crippen molar-refractivity contribution in [2.24, 2.45) is 13.0 Å². The maximum atomic E-state index is 15.4. The number of nitrogens with zero attached hydrogens (tertiary/aromatic N) is 6. The second-order valence-electron chi connectivity index (χ2n) is 12.3. The molecule has 0 spiro atoms. The van der Waals surface area contributed by atoms with Gasteiger partial charge in [0.15, 0.2) is 0 Å². The lowest BCUT2D eigenvalue weighted by molar-refractivity contribution is -0.143. The third-order valence-corrected chi connectivity index (χ3v) is 8.24. The second kappa shape index (κ2) is 14.2. The molecule has 0 amide bonds. The van der Waals surface area contributed by atoms with Crippen LogP contribution in [-0.2, 0) is 43.4 Å². The molecule has 0 unspecified atom stereocenters. The Morgan fingerprint density at radius 2 is 1.44 bits per heavy atom. The van der Waals surface area contributed by atoms with Crippen molar-refractivity contribution in [1.29, 1.82) is 0 Å². The van der Waals surface area contributed by atoms with E-state index in [4.69, 9.17) is 4.74 Å². The van der Waals surface area contributed by atoms with Gasteiger partial charge in [-0.2, -0.15) is 44.3 Å². The number of tetrazole rings is 1. The van der Waals surface area contributed by atoms with E-state index in [-0.39, 0.29) is 56.0 Å². The molecule has 2 heterocycles. The fourth-order valence-corrected chi connectivity index (χ4v) is 5.95. The highest BCUT2D eigenvalue weighted by Gasteiger charge is 2.40. The van der Waals surface area contributed by atoms with Gasteiger partial charge in [0.1, 0.15) is 5.67 Å². The smallest absolute Gasteiger partial charge is 0.378 e. The summed E-state index contributed by atoms with van der Waals surface area (Å²) >= 11 is 0. The van der Waals surface area contributed by atoms with Crippen LogP contribution in [0.1, 0.15) is 73.0 Å². The van der Waals surface area contributed by atoms with E-state index in [2.05, 4.69) is 15.4 Å². The minimum atomic E-state index is -5.11. The Labute approximate surface area is 270 Å². The molecule has 3 aromatic rings. The Morgan fingerprint density at radius 3 is 1.92 bits per heavy atom. The summed E-state index contributed by atoms with van der Waals surface area (Å²) in [5, 5.41) is 11.6. The van der Waals surface area contributed by atoms with Crippen molar-refractivity contribution < 1.29 is 48.6 Å². The van der Waals surface area contributed by atoms with Gasteiger partial charge in [0.25, 0.3) is 5.95 Å². The molecule has 0 bridgehead atoms. The van der Waals surface area contributed by atoms with Crippen LogP contribution in [0.4, 0.5) is 49.9 Å². The van der Waals surface area contributed by atoms with Crippen molar-refractivity contribution in [1.82, 2.24) is 25.1 Å². The van der Waals surface area contributed by atoms with Gasteiger partial charge >= 0.3 is 18.5 Å². The molecule has 1 saturated heterocycles. The topological polar surface area (TPSA) is 59.3 Å². The van der Waals surface area contributed by atoms with E-state index in [0.717, 1.165) is 16.9 Å². The molecule has 4 rings (SSSR count). The molecule has 0 saturated carbocycles. The summed E-state index contributed by atoms with van der Waals surface area (Å²) in [6.45, 7) is 5.19. The summed E-state index contributed by atoms with van der Waals surface area (Å²) in [6.07, 6.45) is -14.7. The molecule has 7 nitrogen and oxygen atoms in total. The summed E-state index contributed by atoms with van der Waals surface area (Å²) in [4.78, 5) is 4.14. The van der Waals surface area contributed by atoms with E-state index in [0.29, 0.717) is 24.3 Å². The second-order valence-corrected chi connectivity index (χ2v) is 12.3. The normalized spacial score (nSPS) is 16.8. The lowest BCUT2D eigenvalue weighted by Crippen LogP contribution is -2.46. The molecule has 1 aliphatic heterocycles. The molecule has 0 N–H and O–H groups in total. The fraction of sp³-hybridized carbons (Fsp3) is 0.581. The summed E-state index contributed by atoms with van der Waals surface area (Å²) in [7, 11) is 1.37. The summed E-state index contributed by atoms with van der Waals surface area (Å²) < 4.78 is 145. The van der Waals surface area contributed by atoms with Crippen molar-refractivity contribution in [3.8, 4) is 0 Å². The number of rotatable bonds is 11. The number of anilines is 1. The number of halogens is 10. The number of piperidine rings is 1. The monoisotopic (exact) mass is 698 g/mol. The van der Waals surface area contributed by atoms with Gasteiger partial charge in [0.2, 0.25) is 0 Å². The van der Waals surface area contributed by atoms with Gasteiger partial charge in [-0.15, -0.1) is 5.10 Å². The highest BCUT2D eigenvalue weighted by atomic mass is 19.4. The van der Waals surface area contributed by atoms with Crippen LogP contribution in [-0.4, -0.2) is 57.1 Å². The van der Waals surface area contributed by atoms with Crippen LogP contribution in [0.15, 0.2) is 36.4 Å². The van der Waals surface area contributed by atoms with E-state index < -0.39 is 65.6 Å². The average Bonchev–Trinajstić information content (AvgIpc) is 3.42. The van der Waals surface area contributed by atoms with E-state index >= 15 is 4.39 Å². The Morgan fingerprint density at radius 1 is 0.854 bits per heavy atom. The predicted octanol–water partition coefficient (Wildman–Crippen LogP) is 8.01. The lowest BCUT2D eigenvalue weighted by atomic mass is 9.86. The Bertz CT molecular complexity index is 1490. The highest BCUT2D eigenvalue weighted by molar-refractivity contribution is 5.42. The largest absolute Gasteiger partial charge is 0.416 e. The van der Waals surface area contributed by atoms with E-state index in [1.165, 1.54) is 18.0 Å². The van der Waals surface area contributed by atoms with Crippen molar-refractivity contribution in [3.05, 3.63) is 69.8 Å². The minimum Gasteiger partial charge on any atom is -0.378 e. The summed E-state index contributed by atoms with van der Waals surface area (Å²) in [5.41, 5.74) is -5.56. The number of likely N-dealkylation sites (tertiary alicyclic amines) is 1. The van der Waals surface area contributed by atoms with Crippen LogP contribution in [0.3, 0.4) is 0 Å². The number of ether oxygens (including phenoxy) is 1. The molecule has 0 aliphatic carbocycles. The molecule has 48 heavy (non-hydrogen) atoms. The van der Waals surface area contributed by atoms with Crippen LogP contribution in [0, 0.1) is 5.92 Å². The van der Waals surface area contributed by atoms with Gasteiger partial charge in [-0.05, 0) is 77.9 Å². The number of alkyl halides is 10. The van der Waals surface area contributed by atoms with Gasteiger partial charge in [-0.3, -0.25) is 4.90 Å². The number of benzene rings is 2. The zero-order valence-corrected chi connectivity index (χ0v) is 26.6. The first-order valence-corrected chi connectivity index (χ1v) is 15.2. The quantitative estimate of drug-likeness (QED) is 0.189. The van der Waals surface area contributed by atoms with Gasteiger partial charge < -0.3 is 9.64 Å².